The Balaban J connectivity index is 2.07. The Hall–Kier alpha value is -0.650. The lowest BCUT2D eigenvalue weighted by molar-refractivity contribution is 0.181. The van der Waals surface area contributed by atoms with E-state index in [9.17, 15) is 0 Å². The molecule has 1 aromatic heterocycles. The number of methoxy groups -OCH3 is 1. The van der Waals surface area contributed by atoms with Crippen LogP contribution in [0.4, 0.5) is 5.13 Å². The summed E-state index contributed by atoms with van der Waals surface area (Å²) in [6, 6.07) is 0.488. The van der Waals surface area contributed by atoms with Crippen LogP contribution in [0.15, 0.2) is 0 Å². The van der Waals surface area contributed by atoms with Crippen molar-refractivity contribution < 1.29 is 4.74 Å². The second-order valence-corrected chi connectivity index (χ2v) is 8.05. The molecule has 0 unspecified atom stereocenters. The van der Waals surface area contributed by atoms with Crippen LogP contribution in [0, 0.1) is 5.41 Å². The van der Waals surface area contributed by atoms with E-state index in [4.69, 9.17) is 9.72 Å². The summed E-state index contributed by atoms with van der Waals surface area (Å²) in [6.45, 7) is 12.8. The molecule has 0 aliphatic carbocycles. The van der Waals surface area contributed by atoms with Crippen molar-refractivity contribution in [3.8, 4) is 0 Å². The molecule has 0 spiro atoms. The first-order valence-corrected chi connectivity index (χ1v) is 8.69. The molecule has 2 heterocycles. The molecule has 1 saturated heterocycles. The molecule has 0 saturated carbocycles. The van der Waals surface area contributed by atoms with E-state index >= 15 is 0 Å². The second-order valence-electron chi connectivity index (χ2n) is 6.99. The third-order valence-corrected chi connectivity index (χ3v) is 5.26. The summed E-state index contributed by atoms with van der Waals surface area (Å²) in [5, 5.41) is 4.65. The van der Waals surface area contributed by atoms with Crippen LogP contribution in [0.25, 0.3) is 0 Å². The van der Waals surface area contributed by atoms with Crippen LogP contribution in [0.2, 0.25) is 0 Å². The van der Waals surface area contributed by atoms with Crippen LogP contribution in [0.1, 0.15) is 51.1 Å². The van der Waals surface area contributed by atoms with Crippen molar-refractivity contribution in [2.45, 2.75) is 59.7 Å². The molecule has 1 aliphatic heterocycles. The Morgan fingerprint density at radius 2 is 2.00 bits per heavy atom. The lowest BCUT2D eigenvalue weighted by Gasteiger charge is -2.36. The monoisotopic (exact) mass is 311 g/mol. The van der Waals surface area contributed by atoms with Gasteiger partial charge in [-0.1, -0.05) is 27.7 Å². The zero-order chi connectivity index (χ0) is 15.5. The van der Waals surface area contributed by atoms with E-state index in [0.29, 0.717) is 18.1 Å². The predicted octanol–water partition coefficient (Wildman–Crippen LogP) is 3.41. The molecule has 4 nitrogen and oxygen atoms in total. The smallest absolute Gasteiger partial charge is 0.185 e. The summed E-state index contributed by atoms with van der Waals surface area (Å²) in [5.41, 5.74) is 1.57. The van der Waals surface area contributed by atoms with Gasteiger partial charge in [-0.25, -0.2) is 4.98 Å². The fraction of sp³-hybridized carbons (Fsp3) is 0.812. The summed E-state index contributed by atoms with van der Waals surface area (Å²) < 4.78 is 5.31. The highest BCUT2D eigenvalue weighted by atomic mass is 32.1. The van der Waals surface area contributed by atoms with Crippen LogP contribution in [0.3, 0.4) is 0 Å². The first-order valence-electron chi connectivity index (χ1n) is 7.87. The number of hydrogen-bond donors (Lipinski definition) is 1. The van der Waals surface area contributed by atoms with E-state index in [0.717, 1.165) is 30.5 Å². The number of aromatic nitrogens is 1. The van der Waals surface area contributed by atoms with Crippen LogP contribution in [0.5, 0.6) is 0 Å². The SMILES string of the molecule is COCc1nc(N2CCC(C)(C)CC2)sc1CNC(C)C. The van der Waals surface area contributed by atoms with Gasteiger partial charge in [-0.05, 0) is 18.3 Å². The van der Waals surface area contributed by atoms with Crippen LogP contribution >= 0.6 is 11.3 Å². The number of hydrogen-bond acceptors (Lipinski definition) is 5. The topological polar surface area (TPSA) is 37.4 Å². The van der Waals surface area contributed by atoms with Gasteiger partial charge in [-0.2, -0.15) is 0 Å². The molecule has 1 aromatic rings. The van der Waals surface area contributed by atoms with Crippen LogP contribution < -0.4 is 10.2 Å². The predicted molar refractivity (Wildman–Crippen MR) is 90.0 cm³/mol. The molecule has 0 bridgehead atoms. The molecule has 2 rings (SSSR count). The lowest BCUT2D eigenvalue weighted by Crippen LogP contribution is -2.37. The summed E-state index contributed by atoms with van der Waals surface area (Å²) in [4.78, 5) is 8.58. The van der Waals surface area contributed by atoms with Gasteiger partial charge < -0.3 is 15.0 Å². The van der Waals surface area contributed by atoms with Crippen molar-refractivity contribution >= 4 is 16.5 Å². The van der Waals surface area contributed by atoms with E-state index in [1.165, 1.54) is 17.7 Å². The van der Waals surface area contributed by atoms with Crippen molar-refractivity contribution in [1.82, 2.24) is 10.3 Å². The first kappa shape index (κ1) is 16.7. The van der Waals surface area contributed by atoms with Crippen LogP contribution in [-0.4, -0.2) is 31.2 Å². The molecule has 1 N–H and O–H groups in total. The van der Waals surface area contributed by atoms with Crippen molar-refractivity contribution in [3.05, 3.63) is 10.6 Å². The third-order valence-electron chi connectivity index (χ3n) is 4.11. The number of ether oxygens (including phenoxy) is 1. The Bertz CT molecular complexity index is 446. The number of anilines is 1. The Kier molecular flexibility index (Phi) is 5.63. The number of nitrogens with zero attached hydrogens (tertiary/aromatic N) is 2. The molecule has 1 fully saturated rings. The standard InChI is InChI=1S/C16H29N3OS/c1-12(2)17-10-14-13(11-20-5)18-15(21-14)19-8-6-16(3,4)7-9-19/h12,17H,6-11H2,1-5H3. The third kappa shape index (κ3) is 4.66. The number of rotatable bonds is 6. The zero-order valence-electron chi connectivity index (χ0n) is 14.0. The number of piperidine rings is 1. The maximum atomic E-state index is 5.31. The highest BCUT2D eigenvalue weighted by Crippen LogP contribution is 2.34. The van der Waals surface area contributed by atoms with E-state index < -0.39 is 0 Å². The van der Waals surface area contributed by atoms with E-state index in [1.54, 1.807) is 7.11 Å². The second kappa shape index (κ2) is 7.07. The van der Waals surface area contributed by atoms with Gasteiger partial charge in [0.1, 0.15) is 0 Å². The highest BCUT2D eigenvalue weighted by molar-refractivity contribution is 7.15. The van der Waals surface area contributed by atoms with Crippen molar-refractivity contribution in [2.75, 3.05) is 25.1 Å². The lowest BCUT2D eigenvalue weighted by atomic mass is 9.83. The quantitative estimate of drug-likeness (QED) is 0.873. The average Bonchev–Trinajstić information content (AvgIpc) is 2.80. The summed E-state index contributed by atoms with van der Waals surface area (Å²) in [5.74, 6) is 0. The minimum absolute atomic E-state index is 0.477. The Morgan fingerprint density at radius 1 is 1.33 bits per heavy atom. The molecule has 1 aliphatic rings. The number of nitrogens with one attached hydrogen (secondary N) is 1. The van der Waals surface area contributed by atoms with E-state index in [1.807, 2.05) is 11.3 Å². The van der Waals surface area contributed by atoms with Crippen molar-refractivity contribution in [3.63, 3.8) is 0 Å². The van der Waals surface area contributed by atoms with Gasteiger partial charge >= 0.3 is 0 Å². The number of thiazole rings is 1. The molecular formula is C16H29N3OS. The summed E-state index contributed by atoms with van der Waals surface area (Å²) in [7, 11) is 1.74. The van der Waals surface area contributed by atoms with E-state index in [2.05, 4.69) is 37.9 Å². The minimum atomic E-state index is 0.477. The van der Waals surface area contributed by atoms with Gasteiger partial charge in [0, 0.05) is 37.7 Å². The Morgan fingerprint density at radius 3 is 2.57 bits per heavy atom. The molecule has 0 amide bonds. The van der Waals surface area contributed by atoms with Crippen molar-refractivity contribution in [1.29, 1.82) is 0 Å². The molecule has 0 radical (unpaired) electrons. The molecule has 0 atom stereocenters. The highest BCUT2D eigenvalue weighted by Gasteiger charge is 2.27. The normalized spacial score (nSPS) is 18.5. The van der Waals surface area contributed by atoms with Gasteiger partial charge in [0.05, 0.1) is 12.3 Å². The molecule has 0 aromatic carbocycles. The molecule has 21 heavy (non-hydrogen) atoms. The Labute approximate surface area is 132 Å². The largest absolute Gasteiger partial charge is 0.378 e. The molecule has 120 valence electrons. The van der Waals surface area contributed by atoms with Crippen molar-refractivity contribution in [2.24, 2.45) is 5.41 Å². The summed E-state index contributed by atoms with van der Waals surface area (Å²) in [6.07, 6.45) is 2.48. The van der Waals surface area contributed by atoms with Gasteiger partial charge in [-0.3, -0.25) is 0 Å². The maximum absolute atomic E-state index is 5.31. The zero-order valence-corrected chi connectivity index (χ0v) is 14.8. The van der Waals surface area contributed by atoms with Gasteiger partial charge in [0.15, 0.2) is 5.13 Å². The fourth-order valence-corrected chi connectivity index (χ4v) is 3.56. The minimum Gasteiger partial charge on any atom is -0.378 e. The maximum Gasteiger partial charge on any atom is 0.185 e. The first-order chi connectivity index (χ1) is 9.91. The van der Waals surface area contributed by atoms with Gasteiger partial charge in [0.2, 0.25) is 0 Å². The average molecular weight is 311 g/mol. The molecule has 5 heteroatoms. The summed E-state index contributed by atoms with van der Waals surface area (Å²) >= 11 is 1.82. The van der Waals surface area contributed by atoms with Crippen LogP contribution in [-0.2, 0) is 17.9 Å². The molecular weight excluding hydrogens is 282 g/mol. The van der Waals surface area contributed by atoms with E-state index in [-0.39, 0.29) is 0 Å². The van der Waals surface area contributed by atoms with Gasteiger partial charge in [0.25, 0.3) is 0 Å². The fourth-order valence-electron chi connectivity index (χ4n) is 2.49. The van der Waals surface area contributed by atoms with Gasteiger partial charge in [-0.15, -0.1) is 11.3 Å².